The summed E-state index contributed by atoms with van der Waals surface area (Å²) in [4.78, 5) is 28.7. The third-order valence-corrected chi connectivity index (χ3v) is 4.67. The maximum atomic E-state index is 12.5. The fourth-order valence-corrected chi connectivity index (χ4v) is 3.24. The molecule has 7 nitrogen and oxygen atoms in total. The van der Waals surface area contributed by atoms with Crippen LogP contribution in [0, 0.1) is 0 Å². The van der Waals surface area contributed by atoms with E-state index in [0.717, 1.165) is 6.42 Å². The van der Waals surface area contributed by atoms with Crippen molar-refractivity contribution >= 4 is 17.5 Å². The van der Waals surface area contributed by atoms with Crippen LogP contribution in [-0.2, 0) is 9.59 Å². The van der Waals surface area contributed by atoms with Gasteiger partial charge in [0.1, 0.15) is 5.75 Å². The summed E-state index contributed by atoms with van der Waals surface area (Å²) >= 11 is 0. The van der Waals surface area contributed by atoms with Gasteiger partial charge in [0.15, 0.2) is 0 Å². The summed E-state index contributed by atoms with van der Waals surface area (Å²) < 4.78 is 5.24. The van der Waals surface area contributed by atoms with E-state index in [0.29, 0.717) is 44.0 Å². The van der Waals surface area contributed by atoms with Crippen LogP contribution in [0.25, 0.3) is 0 Å². The SMILES string of the molecule is CCCC(C)(N)C(=O)N1CCN(CC(=O)Nc2ccccc2OC)CC1. The molecule has 0 aliphatic carbocycles. The van der Waals surface area contributed by atoms with Crippen LogP contribution in [0.2, 0.25) is 0 Å². The van der Waals surface area contributed by atoms with Crippen molar-refractivity contribution in [2.75, 3.05) is 45.2 Å². The molecule has 0 saturated carbocycles. The molecule has 1 saturated heterocycles. The van der Waals surface area contributed by atoms with Gasteiger partial charge < -0.3 is 20.7 Å². The number of ether oxygens (including phenoxy) is 1. The predicted octanol–water partition coefficient (Wildman–Crippen LogP) is 1.30. The topological polar surface area (TPSA) is 87.9 Å². The molecule has 1 atom stereocenters. The van der Waals surface area contributed by atoms with Crippen LogP contribution in [0.5, 0.6) is 5.75 Å². The molecule has 144 valence electrons. The quantitative estimate of drug-likeness (QED) is 0.763. The minimum atomic E-state index is -0.807. The number of hydrogen-bond donors (Lipinski definition) is 2. The normalized spacial score (nSPS) is 17.5. The molecule has 2 amide bonds. The third kappa shape index (κ3) is 5.19. The van der Waals surface area contributed by atoms with Crippen molar-refractivity contribution in [3.8, 4) is 5.75 Å². The fourth-order valence-electron chi connectivity index (χ4n) is 3.24. The maximum Gasteiger partial charge on any atom is 0.242 e. The Morgan fingerprint density at radius 2 is 1.88 bits per heavy atom. The van der Waals surface area contributed by atoms with E-state index in [4.69, 9.17) is 10.5 Å². The van der Waals surface area contributed by atoms with Gasteiger partial charge in [0.25, 0.3) is 0 Å². The number of nitrogens with zero attached hydrogens (tertiary/aromatic N) is 2. The molecule has 1 heterocycles. The summed E-state index contributed by atoms with van der Waals surface area (Å²) in [5, 5.41) is 2.88. The largest absolute Gasteiger partial charge is 0.495 e. The van der Waals surface area contributed by atoms with Gasteiger partial charge in [-0.05, 0) is 25.5 Å². The van der Waals surface area contributed by atoms with Crippen LogP contribution in [0.3, 0.4) is 0 Å². The highest BCUT2D eigenvalue weighted by Crippen LogP contribution is 2.23. The molecule has 0 spiro atoms. The van der Waals surface area contributed by atoms with Crippen molar-refractivity contribution in [2.24, 2.45) is 5.73 Å². The van der Waals surface area contributed by atoms with Gasteiger partial charge in [0, 0.05) is 26.2 Å². The first kappa shape index (κ1) is 20.2. The number of nitrogens with two attached hydrogens (primary N) is 1. The molecule has 2 rings (SSSR count). The zero-order valence-electron chi connectivity index (χ0n) is 16.0. The summed E-state index contributed by atoms with van der Waals surface area (Å²) in [6.45, 7) is 6.62. The summed E-state index contributed by atoms with van der Waals surface area (Å²) in [7, 11) is 1.57. The maximum absolute atomic E-state index is 12.5. The van der Waals surface area contributed by atoms with E-state index in [1.54, 1.807) is 20.1 Å². The Morgan fingerprint density at radius 3 is 2.50 bits per heavy atom. The van der Waals surface area contributed by atoms with E-state index in [2.05, 4.69) is 5.32 Å². The highest BCUT2D eigenvalue weighted by molar-refractivity contribution is 5.93. The van der Waals surface area contributed by atoms with Crippen molar-refractivity contribution in [1.82, 2.24) is 9.80 Å². The lowest BCUT2D eigenvalue weighted by Gasteiger charge is -2.38. The smallest absolute Gasteiger partial charge is 0.242 e. The van der Waals surface area contributed by atoms with Gasteiger partial charge in [-0.3, -0.25) is 14.5 Å². The molecular weight excluding hydrogens is 332 g/mol. The van der Waals surface area contributed by atoms with Gasteiger partial charge in [-0.25, -0.2) is 0 Å². The summed E-state index contributed by atoms with van der Waals surface area (Å²) in [6.07, 6.45) is 1.55. The first-order valence-electron chi connectivity index (χ1n) is 9.11. The lowest BCUT2D eigenvalue weighted by atomic mass is 9.95. The number of para-hydroxylation sites is 2. The standard InChI is InChI=1S/C19H30N4O3/c1-4-9-19(2,20)18(25)23-12-10-22(11-13-23)14-17(24)21-15-7-5-6-8-16(15)26-3/h5-8H,4,9-14,20H2,1-3H3,(H,21,24). The number of amides is 2. The van der Waals surface area contributed by atoms with Gasteiger partial charge in [0.05, 0.1) is 24.9 Å². The van der Waals surface area contributed by atoms with Crippen LogP contribution in [0.1, 0.15) is 26.7 Å². The van der Waals surface area contributed by atoms with E-state index < -0.39 is 5.54 Å². The van der Waals surface area contributed by atoms with Crippen molar-refractivity contribution in [1.29, 1.82) is 0 Å². The first-order valence-corrected chi connectivity index (χ1v) is 9.11. The molecule has 1 aromatic rings. The summed E-state index contributed by atoms with van der Waals surface area (Å²) in [6, 6.07) is 7.32. The molecule has 0 radical (unpaired) electrons. The van der Waals surface area contributed by atoms with Crippen LogP contribution < -0.4 is 15.8 Å². The molecule has 1 aromatic carbocycles. The molecular formula is C19H30N4O3. The van der Waals surface area contributed by atoms with E-state index in [-0.39, 0.29) is 18.4 Å². The minimum Gasteiger partial charge on any atom is -0.495 e. The number of piperazine rings is 1. The number of anilines is 1. The number of carbonyl (C=O) groups is 2. The number of rotatable bonds is 7. The van der Waals surface area contributed by atoms with Crippen molar-refractivity contribution in [3.63, 3.8) is 0 Å². The number of nitrogens with one attached hydrogen (secondary N) is 1. The molecule has 1 unspecified atom stereocenters. The molecule has 0 aromatic heterocycles. The average Bonchev–Trinajstić information content (AvgIpc) is 2.62. The Hall–Kier alpha value is -2.12. The fraction of sp³-hybridized carbons (Fsp3) is 0.579. The number of carbonyl (C=O) groups excluding carboxylic acids is 2. The van der Waals surface area contributed by atoms with Crippen molar-refractivity contribution in [3.05, 3.63) is 24.3 Å². The Kier molecular flexibility index (Phi) is 6.99. The minimum absolute atomic E-state index is 0.00234. The van der Waals surface area contributed by atoms with E-state index in [9.17, 15) is 9.59 Å². The average molecular weight is 362 g/mol. The Balaban J connectivity index is 1.83. The molecule has 7 heteroatoms. The van der Waals surface area contributed by atoms with Crippen LogP contribution in [0.4, 0.5) is 5.69 Å². The van der Waals surface area contributed by atoms with Crippen LogP contribution in [0.15, 0.2) is 24.3 Å². The highest BCUT2D eigenvalue weighted by Gasteiger charge is 2.33. The summed E-state index contributed by atoms with van der Waals surface area (Å²) in [5.74, 6) is 0.538. The third-order valence-electron chi connectivity index (χ3n) is 4.67. The molecule has 1 aliphatic heterocycles. The van der Waals surface area contributed by atoms with Gasteiger partial charge in [-0.2, -0.15) is 0 Å². The van der Waals surface area contributed by atoms with Gasteiger partial charge >= 0.3 is 0 Å². The van der Waals surface area contributed by atoms with Crippen molar-refractivity contribution < 1.29 is 14.3 Å². The zero-order valence-corrected chi connectivity index (χ0v) is 16.0. The Bertz CT molecular complexity index is 625. The molecule has 3 N–H and O–H groups in total. The number of hydrogen-bond acceptors (Lipinski definition) is 5. The lowest BCUT2D eigenvalue weighted by Crippen LogP contribution is -2.58. The van der Waals surface area contributed by atoms with E-state index in [1.165, 1.54) is 0 Å². The van der Waals surface area contributed by atoms with Gasteiger partial charge in [-0.15, -0.1) is 0 Å². The van der Waals surface area contributed by atoms with Crippen LogP contribution in [-0.4, -0.2) is 67.0 Å². The molecule has 0 bridgehead atoms. The predicted molar refractivity (Wildman–Crippen MR) is 102 cm³/mol. The molecule has 1 aliphatic rings. The van der Waals surface area contributed by atoms with Crippen molar-refractivity contribution in [2.45, 2.75) is 32.2 Å². The lowest BCUT2D eigenvalue weighted by molar-refractivity contribution is -0.138. The second-order valence-corrected chi connectivity index (χ2v) is 6.98. The molecule has 26 heavy (non-hydrogen) atoms. The highest BCUT2D eigenvalue weighted by atomic mass is 16.5. The summed E-state index contributed by atoms with van der Waals surface area (Å²) in [5.41, 5.74) is 6.00. The van der Waals surface area contributed by atoms with Crippen LogP contribution >= 0.6 is 0 Å². The Morgan fingerprint density at radius 1 is 1.23 bits per heavy atom. The Labute approximate surface area is 155 Å². The zero-order chi connectivity index (χ0) is 19.2. The first-order chi connectivity index (χ1) is 12.4. The number of benzene rings is 1. The van der Waals surface area contributed by atoms with E-state index in [1.807, 2.05) is 34.9 Å². The second-order valence-electron chi connectivity index (χ2n) is 6.98. The van der Waals surface area contributed by atoms with E-state index >= 15 is 0 Å². The number of methoxy groups -OCH3 is 1. The monoisotopic (exact) mass is 362 g/mol. The van der Waals surface area contributed by atoms with Gasteiger partial charge in [0.2, 0.25) is 11.8 Å². The molecule has 1 fully saturated rings. The second kappa shape index (κ2) is 9.00. The van der Waals surface area contributed by atoms with Gasteiger partial charge in [-0.1, -0.05) is 25.5 Å².